The van der Waals surface area contributed by atoms with Crippen LogP contribution in [0.15, 0.2) is 48.6 Å². The highest BCUT2D eigenvalue weighted by atomic mass is 13.9. The first-order valence-electron chi connectivity index (χ1n) is 4.97. The summed E-state index contributed by atoms with van der Waals surface area (Å²) in [6, 6.07) is 0. The van der Waals surface area contributed by atoms with Crippen LogP contribution in [0.3, 0.4) is 0 Å². The summed E-state index contributed by atoms with van der Waals surface area (Å²) in [4.78, 5) is 0. The van der Waals surface area contributed by atoms with E-state index in [0.29, 0.717) is 0 Å². The zero-order valence-electron chi connectivity index (χ0n) is 8.02. The molecule has 0 N–H and O–H groups in total. The predicted molar refractivity (Wildman–Crippen MR) is 59.3 cm³/mol. The van der Waals surface area contributed by atoms with Crippen molar-refractivity contribution in [3.63, 3.8) is 0 Å². The van der Waals surface area contributed by atoms with Gasteiger partial charge in [0.1, 0.15) is 0 Å². The lowest BCUT2D eigenvalue weighted by molar-refractivity contribution is 0.993. The van der Waals surface area contributed by atoms with Crippen molar-refractivity contribution in [1.82, 2.24) is 0 Å². The highest BCUT2D eigenvalue weighted by molar-refractivity contribution is 5.12. The van der Waals surface area contributed by atoms with Crippen molar-refractivity contribution >= 4 is 0 Å². The number of allylic oxidation sites excluding steroid dienone is 8. The van der Waals surface area contributed by atoms with Crippen molar-refractivity contribution in [2.75, 3.05) is 0 Å². The van der Waals surface area contributed by atoms with E-state index in [1.807, 2.05) is 0 Å². The van der Waals surface area contributed by atoms with Gasteiger partial charge < -0.3 is 0 Å². The molecule has 1 radical (unpaired) electrons. The number of rotatable bonds is 0. The van der Waals surface area contributed by atoms with E-state index in [1.54, 1.807) is 0 Å². The van der Waals surface area contributed by atoms with E-state index in [0.717, 1.165) is 25.7 Å². The van der Waals surface area contributed by atoms with Crippen LogP contribution in [-0.2, 0) is 0 Å². The van der Waals surface area contributed by atoms with Gasteiger partial charge >= 0.3 is 0 Å². The van der Waals surface area contributed by atoms with Crippen molar-refractivity contribution < 1.29 is 0 Å². The molecule has 0 heterocycles. The SMILES string of the molecule is [CH]1/C=C/CC\C=C/C=C/C=C\CC1. The van der Waals surface area contributed by atoms with Gasteiger partial charge in [0.2, 0.25) is 0 Å². The third-order valence-electron chi connectivity index (χ3n) is 1.88. The Kier molecular flexibility index (Phi) is 5.87. The fourth-order valence-electron chi connectivity index (χ4n) is 1.15. The average molecular weight is 173 g/mol. The Morgan fingerprint density at radius 2 is 1.00 bits per heavy atom. The fourth-order valence-corrected chi connectivity index (χ4v) is 1.15. The molecule has 0 atom stereocenters. The fraction of sp³-hybridized carbons (Fsp3) is 0.308. The lowest BCUT2D eigenvalue weighted by atomic mass is 10.2. The summed E-state index contributed by atoms with van der Waals surface area (Å²) in [7, 11) is 0. The first kappa shape index (κ1) is 10.0. The Balaban J connectivity index is 2.38. The molecule has 69 valence electrons. The van der Waals surface area contributed by atoms with Crippen molar-refractivity contribution in [3.05, 3.63) is 55.0 Å². The van der Waals surface area contributed by atoms with E-state index in [-0.39, 0.29) is 0 Å². The van der Waals surface area contributed by atoms with Crippen LogP contribution >= 0.6 is 0 Å². The molecule has 1 aliphatic carbocycles. The van der Waals surface area contributed by atoms with Gasteiger partial charge in [-0.1, -0.05) is 48.6 Å². The third kappa shape index (κ3) is 6.15. The minimum atomic E-state index is 1.14. The first-order valence-corrected chi connectivity index (χ1v) is 4.97. The van der Waals surface area contributed by atoms with Crippen molar-refractivity contribution in [2.24, 2.45) is 0 Å². The maximum atomic E-state index is 2.23. The van der Waals surface area contributed by atoms with E-state index in [9.17, 15) is 0 Å². The molecular formula is C13H17. The molecule has 0 spiro atoms. The zero-order chi connectivity index (χ0) is 9.19. The highest BCUT2D eigenvalue weighted by Gasteiger charge is 1.81. The van der Waals surface area contributed by atoms with Gasteiger partial charge in [0.25, 0.3) is 0 Å². The molecule has 0 aromatic carbocycles. The summed E-state index contributed by atoms with van der Waals surface area (Å²) < 4.78 is 0. The van der Waals surface area contributed by atoms with Crippen LogP contribution in [-0.4, -0.2) is 0 Å². The summed E-state index contributed by atoms with van der Waals surface area (Å²) in [5.41, 5.74) is 0. The molecule has 0 bridgehead atoms. The maximum Gasteiger partial charge on any atom is -0.0167 e. The molecule has 0 saturated carbocycles. The molecule has 0 aromatic heterocycles. The normalized spacial score (nSPS) is 28.9. The maximum absolute atomic E-state index is 2.23. The average Bonchev–Trinajstić information content (AvgIpc) is 2.18. The largest absolute Gasteiger partial charge is 0.0879 e. The Labute approximate surface area is 81.4 Å². The Morgan fingerprint density at radius 1 is 0.462 bits per heavy atom. The van der Waals surface area contributed by atoms with E-state index >= 15 is 0 Å². The molecule has 1 rings (SSSR count). The summed E-state index contributed by atoms with van der Waals surface area (Å²) in [5.74, 6) is 0. The molecule has 0 nitrogen and oxygen atoms in total. The van der Waals surface area contributed by atoms with Crippen LogP contribution in [0.1, 0.15) is 25.7 Å². The number of hydrogen-bond donors (Lipinski definition) is 0. The Bertz CT molecular complexity index is 216. The van der Waals surface area contributed by atoms with Gasteiger partial charge in [0.05, 0.1) is 0 Å². The molecule has 13 heavy (non-hydrogen) atoms. The molecule has 0 amide bonds. The molecule has 0 heteroatoms. The van der Waals surface area contributed by atoms with Gasteiger partial charge in [0, 0.05) is 0 Å². The molecule has 0 aliphatic heterocycles. The highest BCUT2D eigenvalue weighted by Crippen LogP contribution is 2.00. The van der Waals surface area contributed by atoms with Gasteiger partial charge in [-0.3, -0.25) is 0 Å². The van der Waals surface area contributed by atoms with Crippen LogP contribution < -0.4 is 0 Å². The van der Waals surface area contributed by atoms with Gasteiger partial charge in [-0.25, -0.2) is 0 Å². The molecular weight excluding hydrogens is 156 g/mol. The minimum Gasteiger partial charge on any atom is -0.0879 e. The van der Waals surface area contributed by atoms with Crippen LogP contribution in [0.4, 0.5) is 0 Å². The van der Waals surface area contributed by atoms with E-state index < -0.39 is 0 Å². The smallest absolute Gasteiger partial charge is 0.0167 e. The summed E-state index contributed by atoms with van der Waals surface area (Å²) in [6.45, 7) is 0. The summed E-state index contributed by atoms with van der Waals surface area (Å²) in [5, 5.41) is 0. The van der Waals surface area contributed by atoms with Crippen LogP contribution in [0.25, 0.3) is 0 Å². The minimum absolute atomic E-state index is 1.14. The van der Waals surface area contributed by atoms with Gasteiger partial charge in [-0.15, -0.1) is 0 Å². The molecule has 0 saturated heterocycles. The third-order valence-corrected chi connectivity index (χ3v) is 1.88. The van der Waals surface area contributed by atoms with Crippen molar-refractivity contribution in [2.45, 2.75) is 25.7 Å². The van der Waals surface area contributed by atoms with Gasteiger partial charge in [0.15, 0.2) is 0 Å². The van der Waals surface area contributed by atoms with Gasteiger partial charge in [-0.05, 0) is 32.1 Å². The van der Waals surface area contributed by atoms with Crippen LogP contribution in [0.5, 0.6) is 0 Å². The quantitative estimate of drug-likeness (QED) is 0.519. The summed E-state index contributed by atoms with van der Waals surface area (Å²) in [6.07, 6.45) is 24.0. The van der Waals surface area contributed by atoms with E-state index in [1.165, 1.54) is 0 Å². The van der Waals surface area contributed by atoms with Crippen LogP contribution in [0, 0.1) is 6.42 Å². The zero-order valence-corrected chi connectivity index (χ0v) is 8.02. The monoisotopic (exact) mass is 173 g/mol. The molecule has 0 unspecified atom stereocenters. The standard InChI is InChI=1S/C13H17/c1-2-4-6-8-10-12-13-11-9-7-5-3-1/h1-6,11-13H,7-10H2/b2-1+,5-3-,6-4-,13-11+. The molecule has 0 aromatic rings. The predicted octanol–water partition coefficient (Wildman–Crippen LogP) is 3.99. The second-order valence-electron chi connectivity index (χ2n) is 3.06. The summed E-state index contributed by atoms with van der Waals surface area (Å²) >= 11 is 0. The Hall–Kier alpha value is -1.04. The van der Waals surface area contributed by atoms with Crippen molar-refractivity contribution in [1.29, 1.82) is 0 Å². The first-order chi connectivity index (χ1) is 6.50. The van der Waals surface area contributed by atoms with E-state index in [4.69, 9.17) is 0 Å². The molecule has 1 aliphatic rings. The van der Waals surface area contributed by atoms with Crippen LogP contribution in [0.2, 0.25) is 0 Å². The lowest BCUT2D eigenvalue weighted by Gasteiger charge is -1.89. The Morgan fingerprint density at radius 3 is 1.69 bits per heavy atom. The second-order valence-corrected chi connectivity index (χ2v) is 3.06. The second kappa shape index (κ2) is 7.60. The van der Waals surface area contributed by atoms with E-state index in [2.05, 4.69) is 55.0 Å². The topological polar surface area (TPSA) is 0 Å². The lowest BCUT2D eigenvalue weighted by Crippen LogP contribution is -1.70. The molecule has 0 fully saturated rings. The number of hydrogen-bond acceptors (Lipinski definition) is 0. The van der Waals surface area contributed by atoms with Gasteiger partial charge in [-0.2, -0.15) is 0 Å². The van der Waals surface area contributed by atoms with Crippen molar-refractivity contribution in [3.8, 4) is 0 Å².